The number of rotatable bonds is 6. The monoisotopic (exact) mass is 388 g/mol. The van der Waals surface area contributed by atoms with Gasteiger partial charge in [-0.3, -0.25) is 0 Å². The van der Waals surface area contributed by atoms with Crippen molar-refractivity contribution in [3.8, 4) is 17.2 Å². The quantitative estimate of drug-likeness (QED) is 0.653. The van der Waals surface area contributed by atoms with Gasteiger partial charge in [-0.25, -0.2) is 4.79 Å². The first-order valence-electron chi connectivity index (χ1n) is 7.43. The number of hydrogen-bond donors (Lipinski definition) is 1. The molecule has 3 aromatic rings. The van der Waals surface area contributed by atoms with E-state index in [1.165, 1.54) is 0 Å². The zero-order valence-electron chi connectivity index (χ0n) is 13.3. The SMILES string of the molecule is [B]c1ccc(OCC(=O)O)c(-c2nc(Cc3ccc(Cl)cc3Cl)no2)c1. The maximum Gasteiger partial charge on any atom is 0.341 e. The molecule has 3 rings (SSSR count). The van der Waals surface area contributed by atoms with Gasteiger partial charge in [-0.15, -0.1) is 0 Å². The van der Waals surface area contributed by atoms with Gasteiger partial charge in [0.1, 0.15) is 13.6 Å². The molecule has 0 amide bonds. The number of carbonyl (C=O) groups is 1. The molecule has 1 heterocycles. The summed E-state index contributed by atoms with van der Waals surface area (Å²) >= 11 is 12.0. The van der Waals surface area contributed by atoms with E-state index in [-0.39, 0.29) is 11.6 Å². The Hall–Kier alpha value is -2.51. The van der Waals surface area contributed by atoms with Crippen LogP contribution in [0.3, 0.4) is 0 Å². The van der Waals surface area contributed by atoms with Crippen LogP contribution < -0.4 is 10.2 Å². The van der Waals surface area contributed by atoms with E-state index in [1.807, 2.05) is 0 Å². The van der Waals surface area contributed by atoms with Crippen molar-refractivity contribution in [1.29, 1.82) is 0 Å². The number of nitrogens with zero attached hydrogens (tertiary/aromatic N) is 2. The van der Waals surface area contributed by atoms with Crippen molar-refractivity contribution in [2.45, 2.75) is 6.42 Å². The minimum absolute atomic E-state index is 0.165. The fraction of sp³-hybridized carbons (Fsp3) is 0.118. The van der Waals surface area contributed by atoms with Gasteiger partial charge < -0.3 is 14.4 Å². The highest BCUT2D eigenvalue weighted by Crippen LogP contribution is 2.29. The van der Waals surface area contributed by atoms with Crippen molar-refractivity contribution in [3.63, 3.8) is 0 Å². The Morgan fingerprint density at radius 1 is 1.23 bits per heavy atom. The van der Waals surface area contributed by atoms with Crippen molar-refractivity contribution in [2.75, 3.05) is 6.61 Å². The molecule has 1 N–H and O–H groups in total. The predicted molar refractivity (Wildman–Crippen MR) is 97.5 cm³/mol. The molecule has 0 aliphatic carbocycles. The fourth-order valence-corrected chi connectivity index (χ4v) is 2.73. The molecule has 0 bridgehead atoms. The zero-order chi connectivity index (χ0) is 18.7. The summed E-state index contributed by atoms with van der Waals surface area (Å²) in [7, 11) is 5.79. The first-order valence-corrected chi connectivity index (χ1v) is 8.19. The number of aromatic nitrogens is 2. The molecule has 1 aromatic heterocycles. The number of hydrogen-bond acceptors (Lipinski definition) is 5. The topological polar surface area (TPSA) is 85.5 Å². The van der Waals surface area contributed by atoms with Crippen LogP contribution in [0.2, 0.25) is 10.0 Å². The second-order valence-corrected chi connectivity index (χ2v) is 6.21. The average molecular weight is 389 g/mol. The van der Waals surface area contributed by atoms with E-state index < -0.39 is 12.6 Å². The van der Waals surface area contributed by atoms with Gasteiger partial charge in [-0.05, 0) is 23.8 Å². The standard InChI is InChI=1S/C17H11BCl2N2O4/c18-10-2-4-14(25-8-16(23)24)12(6-10)17-21-15(22-26-17)5-9-1-3-11(19)7-13(9)20/h1-4,6-7H,5,8H2,(H,23,24). The third-order valence-corrected chi connectivity index (χ3v) is 4.00. The molecule has 9 heteroatoms. The third-order valence-electron chi connectivity index (χ3n) is 3.42. The first kappa shape index (κ1) is 18.3. The van der Waals surface area contributed by atoms with Crippen LogP contribution in [-0.4, -0.2) is 35.7 Å². The van der Waals surface area contributed by atoms with Crippen LogP contribution >= 0.6 is 23.2 Å². The van der Waals surface area contributed by atoms with Crippen molar-refractivity contribution >= 4 is 42.5 Å². The van der Waals surface area contributed by atoms with E-state index in [2.05, 4.69) is 10.1 Å². The van der Waals surface area contributed by atoms with Gasteiger partial charge in [0, 0.05) is 16.5 Å². The highest BCUT2D eigenvalue weighted by molar-refractivity contribution is 6.35. The first-order chi connectivity index (χ1) is 12.4. The number of carboxylic acid groups (broad SMARTS) is 1. The molecular formula is C17H11BCl2N2O4. The van der Waals surface area contributed by atoms with Crippen molar-refractivity contribution in [1.82, 2.24) is 10.1 Å². The van der Waals surface area contributed by atoms with Gasteiger partial charge in [-0.1, -0.05) is 52.0 Å². The van der Waals surface area contributed by atoms with Gasteiger partial charge in [-0.2, -0.15) is 4.98 Å². The lowest BCUT2D eigenvalue weighted by Gasteiger charge is -2.08. The van der Waals surface area contributed by atoms with Gasteiger partial charge >= 0.3 is 5.97 Å². The number of benzene rings is 2. The Morgan fingerprint density at radius 2 is 2.04 bits per heavy atom. The van der Waals surface area contributed by atoms with Crippen LogP contribution in [0.4, 0.5) is 0 Å². The lowest BCUT2D eigenvalue weighted by Crippen LogP contribution is -2.11. The Labute approximate surface area is 160 Å². The third kappa shape index (κ3) is 4.36. The second-order valence-electron chi connectivity index (χ2n) is 5.37. The normalized spacial score (nSPS) is 10.7. The molecule has 2 aromatic carbocycles. The molecule has 0 aliphatic rings. The highest BCUT2D eigenvalue weighted by Gasteiger charge is 2.16. The van der Waals surface area contributed by atoms with E-state index in [4.69, 9.17) is 45.4 Å². The van der Waals surface area contributed by atoms with E-state index in [1.54, 1.807) is 36.4 Å². The number of halogens is 2. The van der Waals surface area contributed by atoms with Gasteiger partial charge in [0.2, 0.25) is 0 Å². The van der Waals surface area contributed by atoms with E-state index in [0.717, 1.165) is 5.56 Å². The van der Waals surface area contributed by atoms with E-state index >= 15 is 0 Å². The van der Waals surface area contributed by atoms with Crippen molar-refractivity contribution < 1.29 is 19.2 Å². The Kier molecular flexibility index (Phi) is 5.49. The Bertz CT molecular complexity index is 962. The van der Waals surface area contributed by atoms with Crippen LogP contribution in [0.15, 0.2) is 40.9 Å². The lowest BCUT2D eigenvalue weighted by atomic mass is 9.94. The maximum atomic E-state index is 10.7. The Balaban J connectivity index is 1.87. The van der Waals surface area contributed by atoms with Crippen LogP contribution in [0, 0.1) is 0 Å². The summed E-state index contributed by atoms with van der Waals surface area (Å²) in [4.78, 5) is 15.0. The molecule has 0 fully saturated rings. The average Bonchev–Trinajstić information content (AvgIpc) is 3.04. The molecule has 0 saturated carbocycles. The molecule has 2 radical (unpaired) electrons. The maximum absolute atomic E-state index is 10.7. The molecule has 0 unspecified atom stereocenters. The van der Waals surface area contributed by atoms with Crippen molar-refractivity contribution in [2.24, 2.45) is 0 Å². The van der Waals surface area contributed by atoms with Crippen molar-refractivity contribution in [3.05, 3.63) is 57.8 Å². The van der Waals surface area contributed by atoms with Gasteiger partial charge in [0.15, 0.2) is 12.4 Å². The summed E-state index contributed by atoms with van der Waals surface area (Å²) in [5.41, 5.74) is 1.65. The molecule has 26 heavy (non-hydrogen) atoms. The van der Waals surface area contributed by atoms with E-state index in [9.17, 15) is 4.79 Å². The zero-order valence-corrected chi connectivity index (χ0v) is 14.8. The lowest BCUT2D eigenvalue weighted by molar-refractivity contribution is -0.139. The minimum atomic E-state index is -1.10. The summed E-state index contributed by atoms with van der Waals surface area (Å²) in [6.45, 7) is -0.502. The van der Waals surface area contributed by atoms with Crippen LogP contribution in [0.25, 0.3) is 11.5 Å². The summed E-state index contributed by atoms with van der Waals surface area (Å²) in [6, 6.07) is 9.85. The summed E-state index contributed by atoms with van der Waals surface area (Å²) in [5, 5.41) is 13.7. The second kappa shape index (κ2) is 7.80. The summed E-state index contributed by atoms with van der Waals surface area (Å²) in [6.07, 6.45) is 0.340. The smallest absolute Gasteiger partial charge is 0.341 e. The van der Waals surface area contributed by atoms with Crippen LogP contribution in [0.1, 0.15) is 11.4 Å². The fourth-order valence-electron chi connectivity index (χ4n) is 2.25. The predicted octanol–water partition coefficient (Wildman–Crippen LogP) is 2.89. The summed E-state index contributed by atoms with van der Waals surface area (Å²) in [5.74, 6) is -0.258. The van der Waals surface area contributed by atoms with Crippen LogP contribution in [0.5, 0.6) is 5.75 Å². The molecule has 0 aliphatic heterocycles. The largest absolute Gasteiger partial charge is 0.481 e. The molecule has 130 valence electrons. The number of aliphatic carboxylic acids is 1. The number of carboxylic acids is 1. The molecule has 0 spiro atoms. The van der Waals surface area contributed by atoms with Gasteiger partial charge in [0.25, 0.3) is 5.89 Å². The van der Waals surface area contributed by atoms with Crippen LogP contribution in [-0.2, 0) is 11.2 Å². The van der Waals surface area contributed by atoms with E-state index in [0.29, 0.717) is 33.3 Å². The number of ether oxygens (including phenoxy) is 1. The Morgan fingerprint density at radius 3 is 2.77 bits per heavy atom. The highest BCUT2D eigenvalue weighted by atomic mass is 35.5. The molecule has 0 atom stereocenters. The molecular weight excluding hydrogens is 378 g/mol. The molecule has 0 saturated heterocycles. The minimum Gasteiger partial charge on any atom is -0.481 e. The van der Waals surface area contributed by atoms with Gasteiger partial charge in [0.05, 0.1) is 5.56 Å². The summed E-state index contributed by atoms with van der Waals surface area (Å²) < 4.78 is 10.5. The molecule has 6 nitrogen and oxygen atoms in total.